The average Bonchev–Trinajstić information content (AvgIpc) is 2.94. The van der Waals surface area contributed by atoms with Gasteiger partial charge in [-0.25, -0.2) is 9.59 Å². The Labute approximate surface area is 232 Å². The second-order valence-corrected chi connectivity index (χ2v) is 10.4. The second kappa shape index (κ2) is 17.2. The molecule has 0 aromatic heterocycles. The van der Waals surface area contributed by atoms with Gasteiger partial charge in [-0.3, -0.25) is 28.5 Å². The number of aliphatic carboxylic acids is 1. The third-order valence-electron chi connectivity index (χ3n) is 5.36. The average molecular weight is 579 g/mol. The maximum atomic E-state index is 13.4. The number of carboxylic acid groups (broad SMARTS) is 1. The van der Waals surface area contributed by atoms with Crippen LogP contribution in [-0.4, -0.2) is 74.2 Å². The SMILES string of the molecule is CCOC(=O)COP(=O)(CN[C@@H](Cc1ccc(-c2ccccc2)cc1)C(=O)NCCC(=O)O)OCC(=O)OCC. The topological polar surface area (TPSA) is 167 Å². The number of benzene rings is 2. The highest BCUT2D eigenvalue weighted by Crippen LogP contribution is 2.47. The molecule has 0 spiro atoms. The number of carboxylic acids is 1. The van der Waals surface area contributed by atoms with Crippen molar-refractivity contribution in [2.45, 2.75) is 32.7 Å². The first kappa shape index (κ1) is 32.6. The smallest absolute Gasteiger partial charge is 0.345 e. The van der Waals surface area contributed by atoms with E-state index in [0.717, 1.165) is 16.7 Å². The molecular weight excluding hydrogens is 543 g/mol. The van der Waals surface area contributed by atoms with E-state index in [0.29, 0.717) is 0 Å². The summed E-state index contributed by atoms with van der Waals surface area (Å²) in [6.07, 6.45) is -0.678. The Bertz CT molecular complexity index is 1130. The summed E-state index contributed by atoms with van der Waals surface area (Å²) in [6.45, 7) is 1.83. The highest BCUT2D eigenvalue weighted by Gasteiger charge is 2.30. The molecule has 0 unspecified atom stereocenters. The molecular formula is C27H35N2O10P. The highest BCUT2D eigenvalue weighted by molar-refractivity contribution is 7.53. The summed E-state index contributed by atoms with van der Waals surface area (Å²) in [5.74, 6) is -3.20. The fourth-order valence-corrected chi connectivity index (χ4v) is 4.74. The molecule has 2 rings (SSSR count). The number of carbonyl (C=O) groups is 4. The van der Waals surface area contributed by atoms with Gasteiger partial charge in [0.05, 0.1) is 32.0 Å². The number of amides is 1. The predicted molar refractivity (Wildman–Crippen MR) is 145 cm³/mol. The van der Waals surface area contributed by atoms with Crippen LogP contribution in [0.3, 0.4) is 0 Å². The monoisotopic (exact) mass is 578 g/mol. The maximum absolute atomic E-state index is 13.4. The molecule has 218 valence electrons. The molecule has 3 N–H and O–H groups in total. The zero-order valence-corrected chi connectivity index (χ0v) is 23.4. The molecule has 13 heteroatoms. The van der Waals surface area contributed by atoms with Crippen LogP contribution < -0.4 is 10.6 Å². The Morgan fingerprint density at radius 1 is 0.850 bits per heavy atom. The minimum absolute atomic E-state index is 0.0794. The Morgan fingerprint density at radius 3 is 1.93 bits per heavy atom. The minimum Gasteiger partial charge on any atom is -0.481 e. The van der Waals surface area contributed by atoms with Crippen molar-refractivity contribution in [1.82, 2.24) is 10.6 Å². The Hall–Kier alpha value is -3.57. The number of hydrogen-bond donors (Lipinski definition) is 3. The van der Waals surface area contributed by atoms with Gasteiger partial charge in [-0.2, -0.15) is 0 Å². The fraction of sp³-hybridized carbons (Fsp3) is 0.407. The molecule has 0 fully saturated rings. The highest BCUT2D eigenvalue weighted by atomic mass is 31.2. The lowest BCUT2D eigenvalue weighted by Gasteiger charge is -2.23. The normalized spacial score (nSPS) is 11.8. The predicted octanol–water partition coefficient (Wildman–Crippen LogP) is 2.76. The molecule has 40 heavy (non-hydrogen) atoms. The van der Waals surface area contributed by atoms with E-state index in [4.69, 9.17) is 23.6 Å². The quantitative estimate of drug-likeness (QED) is 0.176. The molecule has 0 saturated heterocycles. The molecule has 1 atom stereocenters. The van der Waals surface area contributed by atoms with Crippen molar-refractivity contribution in [2.75, 3.05) is 39.3 Å². The van der Waals surface area contributed by atoms with Crippen molar-refractivity contribution >= 4 is 31.4 Å². The van der Waals surface area contributed by atoms with Crippen molar-refractivity contribution < 1.29 is 47.4 Å². The maximum Gasteiger partial charge on any atom is 0.345 e. The summed E-state index contributed by atoms with van der Waals surface area (Å²) in [5, 5.41) is 14.3. The third kappa shape index (κ3) is 12.1. The Balaban J connectivity index is 2.18. The van der Waals surface area contributed by atoms with Gasteiger partial charge in [0, 0.05) is 6.54 Å². The molecule has 0 heterocycles. The van der Waals surface area contributed by atoms with Gasteiger partial charge in [0.2, 0.25) is 5.91 Å². The zero-order valence-electron chi connectivity index (χ0n) is 22.5. The van der Waals surface area contributed by atoms with Gasteiger partial charge in [-0.15, -0.1) is 0 Å². The van der Waals surface area contributed by atoms with Crippen molar-refractivity contribution in [2.24, 2.45) is 0 Å². The van der Waals surface area contributed by atoms with Gasteiger partial charge in [-0.05, 0) is 37.0 Å². The summed E-state index contributed by atoms with van der Waals surface area (Å²) in [4.78, 5) is 47.4. The van der Waals surface area contributed by atoms with E-state index in [1.807, 2.05) is 54.6 Å². The number of rotatable bonds is 18. The van der Waals surface area contributed by atoms with Gasteiger partial charge in [-0.1, -0.05) is 54.6 Å². The first-order valence-corrected chi connectivity index (χ1v) is 14.4. The zero-order chi connectivity index (χ0) is 29.4. The van der Waals surface area contributed by atoms with E-state index in [9.17, 15) is 23.7 Å². The summed E-state index contributed by atoms with van der Waals surface area (Å²) in [6, 6.07) is 16.2. The van der Waals surface area contributed by atoms with Crippen LogP contribution in [0.4, 0.5) is 0 Å². The lowest BCUT2D eigenvalue weighted by Crippen LogP contribution is -2.46. The van der Waals surface area contributed by atoms with Crippen LogP contribution in [0.1, 0.15) is 25.8 Å². The molecule has 2 aromatic rings. The Morgan fingerprint density at radius 2 is 1.40 bits per heavy atom. The number of esters is 2. The van der Waals surface area contributed by atoms with Crippen LogP contribution in [0.15, 0.2) is 54.6 Å². The standard InChI is InChI=1S/C27H35N2O10P/c1-3-36-25(32)17-38-40(35,39-18-26(33)37-4-2)19-29-23(27(34)28-15-14-24(30)31)16-20-10-12-22(13-11-20)21-8-6-5-7-9-21/h5-13,23,29H,3-4,14-19H2,1-2H3,(H,28,34)(H,30,31)/t23-/m0/s1. The first-order valence-electron chi connectivity index (χ1n) is 12.7. The van der Waals surface area contributed by atoms with E-state index < -0.39 is 57.0 Å². The van der Waals surface area contributed by atoms with Gasteiger partial charge in [0.1, 0.15) is 0 Å². The van der Waals surface area contributed by atoms with Crippen LogP contribution in [0.2, 0.25) is 0 Å². The van der Waals surface area contributed by atoms with Crippen LogP contribution in [0.5, 0.6) is 0 Å². The molecule has 0 saturated carbocycles. The van der Waals surface area contributed by atoms with Crippen molar-refractivity contribution in [3.05, 3.63) is 60.2 Å². The lowest BCUT2D eigenvalue weighted by atomic mass is 10.0. The number of hydrogen-bond acceptors (Lipinski definition) is 10. The molecule has 12 nitrogen and oxygen atoms in total. The molecule has 1 amide bonds. The summed E-state index contributed by atoms with van der Waals surface area (Å²) in [5.41, 5.74) is 2.76. The number of nitrogens with one attached hydrogen (secondary N) is 2. The third-order valence-corrected chi connectivity index (χ3v) is 6.97. The molecule has 2 aromatic carbocycles. The van der Waals surface area contributed by atoms with E-state index in [-0.39, 0.29) is 32.6 Å². The molecule has 0 aliphatic heterocycles. The van der Waals surface area contributed by atoms with Crippen molar-refractivity contribution in [1.29, 1.82) is 0 Å². The van der Waals surface area contributed by atoms with Crippen molar-refractivity contribution in [3.8, 4) is 11.1 Å². The van der Waals surface area contributed by atoms with Crippen molar-refractivity contribution in [3.63, 3.8) is 0 Å². The van der Waals surface area contributed by atoms with Crippen LogP contribution >= 0.6 is 7.60 Å². The molecule has 0 radical (unpaired) electrons. The minimum atomic E-state index is -4.15. The van der Waals surface area contributed by atoms with Crippen LogP contribution in [0, 0.1) is 0 Å². The first-order chi connectivity index (χ1) is 19.2. The summed E-state index contributed by atoms with van der Waals surface area (Å²) >= 11 is 0. The van der Waals surface area contributed by atoms with Crippen LogP contribution in [-0.2, 0) is 48.7 Å². The van der Waals surface area contributed by atoms with E-state index in [1.165, 1.54) is 0 Å². The number of ether oxygens (including phenoxy) is 2. The summed E-state index contributed by atoms with van der Waals surface area (Å²) < 4.78 is 33.4. The molecule has 0 aliphatic rings. The summed E-state index contributed by atoms with van der Waals surface area (Å²) in [7, 11) is -4.15. The molecule has 0 aliphatic carbocycles. The van der Waals surface area contributed by atoms with Gasteiger partial charge < -0.3 is 19.9 Å². The van der Waals surface area contributed by atoms with Gasteiger partial charge in [0.15, 0.2) is 13.2 Å². The molecule has 0 bridgehead atoms. The van der Waals surface area contributed by atoms with E-state index >= 15 is 0 Å². The van der Waals surface area contributed by atoms with Gasteiger partial charge in [0.25, 0.3) is 0 Å². The number of carbonyl (C=O) groups excluding carboxylic acids is 3. The van der Waals surface area contributed by atoms with E-state index in [1.54, 1.807) is 13.8 Å². The fourth-order valence-electron chi connectivity index (χ4n) is 3.43. The lowest BCUT2D eigenvalue weighted by molar-refractivity contribution is -0.146. The van der Waals surface area contributed by atoms with Crippen LogP contribution in [0.25, 0.3) is 11.1 Å². The largest absolute Gasteiger partial charge is 0.481 e. The second-order valence-electron chi connectivity index (χ2n) is 8.38. The van der Waals surface area contributed by atoms with Gasteiger partial charge >= 0.3 is 25.5 Å². The van der Waals surface area contributed by atoms with E-state index in [2.05, 4.69) is 10.6 Å². The Kier molecular flexibility index (Phi) is 14.0.